The molecule has 6 rings (SSSR count). The highest BCUT2D eigenvalue weighted by atomic mass is 16.5. The van der Waals surface area contributed by atoms with Gasteiger partial charge in [0.1, 0.15) is 17.1 Å². The van der Waals surface area contributed by atoms with Gasteiger partial charge in [0.15, 0.2) is 0 Å². The van der Waals surface area contributed by atoms with Gasteiger partial charge in [0.25, 0.3) is 0 Å². The average molecular weight is 671 g/mol. The van der Waals surface area contributed by atoms with Crippen LogP contribution in [0.2, 0.25) is 0 Å². The number of benzene rings is 2. The molecule has 1 aliphatic heterocycles. The van der Waals surface area contributed by atoms with Crippen molar-refractivity contribution in [1.29, 1.82) is 0 Å². The number of nitrogen functional groups attached to an aromatic ring is 1. The van der Waals surface area contributed by atoms with Crippen LogP contribution in [0.15, 0.2) is 48.6 Å². The first-order valence-electron chi connectivity index (χ1n) is 16.3. The van der Waals surface area contributed by atoms with Gasteiger partial charge >= 0.3 is 5.97 Å². The molecule has 0 radical (unpaired) electrons. The van der Waals surface area contributed by atoms with E-state index in [0.29, 0.717) is 65.6 Å². The fourth-order valence-electron chi connectivity index (χ4n) is 6.00. The van der Waals surface area contributed by atoms with Gasteiger partial charge in [-0.05, 0) is 50.6 Å². The van der Waals surface area contributed by atoms with Crippen LogP contribution in [-0.2, 0) is 29.1 Å². The van der Waals surface area contributed by atoms with Gasteiger partial charge in [-0.2, -0.15) is 5.10 Å². The third-order valence-corrected chi connectivity index (χ3v) is 8.45. The molecule has 1 saturated heterocycles. The van der Waals surface area contributed by atoms with E-state index in [-0.39, 0.29) is 5.95 Å². The lowest BCUT2D eigenvalue weighted by molar-refractivity contribution is 0.0358. The van der Waals surface area contributed by atoms with E-state index in [4.69, 9.17) is 30.7 Å². The fourth-order valence-corrected chi connectivity index (χ4v) is 6.00. The molecule has 258 valence electrons. The summed E-state index contributed by atoms with van der Waals surface area (Å²) in [6.45, 7) is 10.1. The lowest BCUT2D eigenvalue weighted by Crippen LogP contribution is -2.37. The number of nitrogens with two attached hydrogens (primary N) is 2. The number of morpholine rings is 1. The van der Waals surface area contributed by atoms with Gasteiger partial charge in [-0.25, -0.2) is 19.4 Å². The summed E-state index contributed by atoms with van der Waals surface area (Å²) in [6.07, 6.45) is 4.80. The molecule has 5 aromatic rings. The molecule has 15 heteroatoms. The minimum atomic E-state index is -0.569. The molecule has 0 saturated carbocycles. The highest BCUT2D eigenvalue weighted by molar-refractivity contribution is 5.99. The monoisotopic (exact) mass is 670 g/mol. The number of rotatable bonds is 14. The van der Waals surface area contributed by atoms with Gasteiger partial charge in [0, 0.05) is 50.9 Å². The van der Waals surface area contributed by atoms with E-state index in [0.717, 1.165) is 56.3 Å². The fraction of sp³-hybridized carbons (Fsp3) is 0.382. The molecule has 2 aromatic carbocycles. The molecule has 0 bridgehead atoms. The average Bonchev–Trinajstić information content (AvgIpc) is 3.75. The number of hydrogen-bond donors (Lipinski definition) is 3. The zero-order chi connectivity index (χ0) is 34.5. The van der Waals surface area contributed by atoms with Crippen molar-refractivity contribution in [2.75, 3.05) is 57.6 Å². The first-order valence-corrected chi connectivity index (χ1v) is 16.3. The predicted octanol–water partition coefficient (Wildman–Crippen LogP) is 3.48. The number of imidazole rings is 2. The lowest BCUT2D eigenvalue weighted by atomic mass is 10.1. The Morgan fingerprint density at radius 2 is 1.78 bits per heavy atom. The van der Waals surface area contributed by atoms with Gasteiger partial charge in [0.2, 0.25) is 17.8 Å². The number of methoxy groups -OCH3 is 1. The predicted molar refractivity (Wildman–Crippen MR) is 186 cm³/mol. The summed E-state index contributed by atoms with van der Waals surface area (Å²) in [7, 11) is 1.35. The second kappa shape index (κ2) is 14.8. The highest BCUT2D eigenvalue weighted by Crippen LogP contribution is 2.30. The summed E-state index contributed by atoms with van der Waals surface area (Å²) >= 11 is 0. The molecule has 0 spiro atoms. The SMILES string of the molecule is CCn1nc(C)cc1Nc1nc2cc(C(=O)OC)ccc2n1C/C=C/Cn1c(N)nc2cc(C(N)=O)cc(OCCCN3CCOCC3)c21. The number of hydrogen-bond acceptors (Lipinski definition) is 11. The van der Waals surface area contributed by atoms with E-state index in [9.17, 15) is 9.59 Å². The number of carbonyl (C=O) groups excluding carboxylic acids is 2. The van der Waals surface area contributed by atoms with Crippen molar-refractivity contribution in [3.05, 3.63) is 65.4 Å². The number of allylic oxidation sites excluding steroid dienone is 2. The Labute approximate surface area is 283 Å². The zero-order valence-electron chi connectivity index (χ0n) is 28.0. The van der Waals surface area contributed by atoms with Crippen molar-refractivity contribution in [2.45, 2.75) is 39.9 Å². The first-order chi connectivity index (χ1) is 23.7. The number of esters is 1. The van der Waals surface area contributed by atoms with E-state index in [1.807, 2.05) is 51.9 Å². The first kappa shape index (κ1) is 33.5. The van der Waals surface area contributed by atoms with Crippen LogP contribution in [0.5, 0.6) is 5.75 Å². The van der Waals surface area contributed by atoms with Crippen molar-refractivity contribution in [1.82, 2.24) is 33.8 Å². The molecular weight excluding hydrogens is 628 g/mol. The Balaban J connectivity index is 1.25. The number of anilines is 3. The zero-order valence-corrected chi connectivity index (χ0v) is 28.0. The van der Waals surface area contributed by atoms with Crippen molar-refractivity contribution < 1.29 is 23.8 Å². The summed E-state index contributed by atoms with van der Waals surface area (Å²) in [6, 6.07) is 10.5. The number of nitrogens with zero attached hydrogens (tertiary/aromatic N) is 7. The van der Waals surface area contributed by atoms with Crippen molar-refractivity contribution >= 4 is 51.7 Å². The van der Waals surface area contributed by atoms with Crippen LogP contribution in [0, 0.1) is 6.92 Å². The summed E-state index contributed by atoms with van der Waals surface area (Å²) in [5, 5.41) is 7.96. The summed E-state index contributed by atoms with van der Waals surface area (Å²) in [5.74, 6) is 1.19. The van der Waals surface area contributed by atoms with Gasteiger partial charge in [0.05, 0.1) is 54.7 Å². The molecule has 0 aliphatic carbocycles. The number of fused-ring (bicyclic) bond motifs is 2. The summed E-state index contributed by atoms with van der Waals surface area (Å²) < 4.78 is 22.3. The van der Waals surface area contributed by atoms with Crippen LogP contribution in [0.4, 0.5) is 17.7 Å². The Morgan fingerprint density at radius 1 is 1.02 bits per heavy atom. The van der Waals surface area contributed by atoms with Gasteiger partial charge in [-0.15, -0.1) is 0 Å². The maximum atomic E-state index is 12.2. The molecule has 0 unspecified atom stereocenters. The Hall–Kier alpha value is -5.41. The number of carbonyl (C=O) groups is 2. The van der Waals surface area contributed by atoms with E-state index in [1.54, 1.807) is 24.3 Å². The lowest BCUT2D eigenvalue weighted by Gasteiger charge is -2.26. The van der Waals surface area contributed by atoms with Crippen molar-refractivity contribution in [3.63, 3.8) is 0 Å². The van der Waals surface area contributed by atoms with E-state index in [1.165, 1.54) is 7.11 Å². The van der Waals surface area contributed by atoms with Gasteiger partial charge in [-0.1, -0.05) is 12.2 Å². The highest BCUT2D eigenvalue weighted by Gasteiger charge is 2.18. The Kier molecular flexibility index (Phi) is 10.1. The Morgan fingerprint density at radius 3 is 2.51 bits per heavy atom. The third kappa shape index (κ3) is 7.37. The molecule has 1 fully saturated rings. The number of aryl methyl sites for hydroxylation is 2. The van der Waals surface area contributed by atoms with Crippen LogP contribution in [0.3, 0.4) is 0 Å². The number of ether oxygens (including phenoxy) is 3. The molecule has 15 nitrogen and oxygen atoms in total. The normalized spacial score (nSPS) is 13.9. The topological polar surface area (TPSA) is 183 Å². The molecular formula is C34H42N10O5. The molecule has 49 heavy (non-hydrogen) atoms. The maximum absolute atomic E-state index is 12.2. The number of aromatic nitrogens is 6. The van der Waals surface area contributed by atoms with Crippen LogP contribution in [-0.4, -0.2) is 92.2 Å². The second-order valence-corrected chi connectivity index (χ2v) is 11.8. The minimum absolute atomic E-state index is 0.286. The van der Waals surface area contributed by atoms with Crippen LogP contribution in [0.1, 0.15) is 39.8 Å². The number of nitrogens with one attached hydrogen (secondary N) is 1. The standard InChI is InChI=1S/C34H42N10O5/c1-4-44-29(18-22(2)40-44)39-34-38-25-19-23(32(46)47-3)8-9-27(25)42(34)11-5-6-12-43-30-26(37-33(43)36)20-24(31(35)45)21-28(30)49-15-7-10-41-13-16-48-17-14-41/h5-6,8-9,18-21H,4,7,10-17H2,1-3H3,(H2,35,45)(H2,36,37)(H,38,39)/b6-5+. The molecule has 3 aromatic heterocycles. The van der Waals surface area contributed by atoms with E-state index in [2.05, 4.69) is 20.3 Å². The molecule has 1 amide bonds. The molecule has 1 aliphatic rings. The van der Waals surface area contributed by atoms with Gasteiger partial charge < -0.3 is 40.1 Å². The molecule has 5 N–H and O–H groups in total. The van der Waals surface area contributed by atoms with Crippen LogP contribution in [0.25, 0.3) is 22.1 Å². The molecule has 4 heterocycles. The van der Waals surface area contributed by atoms with Crippen molar-refractivity contribution in [3.8, 4) is 5.75 Å². The summed E-state index contributed by atoms with van der Waals surface area (Å²) in [4.78, 5) is 36.0. The largest absolute Gasteiger partial charge is 0.491 e. The summed E-state index contributed by atoms with van der Waals surface area (Å²) in [5.41, 5.74) is 16.3. The Bertz CT molecular complexity index is 2000. The van der Waals surface area contributed by atoms with Crippen LogP contribution >= 0.6 is 0 Å². The van der Waals surface area contributed by atoms with E-state index < -0.39 is 11.9 Å². The van der Waals surface area contributed by atoms with E-state index >= 15 is 0 Å². The molecule has 0 atom stereocenters. The quantitative estimate of drug-likeness (QED) is 0.0894. The smallest absolute Gasteiger partial charge is 0.337 e. The van der Waals surface area contributed by atoms with Crippen molar-refractivity contribution in [2.24, 2.45) is 5.73 Å². The second-order valence-electron chi connectivity index (χ2n) is 11.8. The number of amides is 1. The van der Waals surface area contributed by atoms with Gasteiger partial charge in [-0.3, -0.25) is 9.69 Å². The number of primary amides is 1. The minimum Gasteiger partial charge on any atom is -0.491 e. The third-order valence-electron chi connectivity index (χ3n) is 8.45. The maximum Gasteiger partial charge on any atom is 0.337 e. The van der Waals surface area contributed by atoms with Crippen LogP contribution < -0.4 is 21.5 Å².